The molecule has 252 valence electrons. The van der Waals surface area contributed by atoms with Crippen molar-refractivity contribution >= 4 is 23.4 Å². The van der Waals surface area contributed by atoms with Crippen LogP contribution in [0.5, 0.6) is 5.75 Å². The Labute approximate surface area is 277 Å². The van der Waals surface area contributed by atoms with E-state index in [1.54, 1.807) is 43.0 Å². The van der Waals surface area contributed by atoms with Crippen LogP contribution in [0.1, 0.15) is 67.1 Å². The Bertz CT molecular complexity index is 1460. The number of nitrogens with zero attached hydrogens (tertiary/aromatic N) is 4. The van der Waals surface area contributed by atoms with E-state index >= 15 is 0 Å². The van der Waals surface area contributed by atoms with Crippen LogP contribution in [-0.4, -0.2) is 87.2 Å². The SMILES string of the molecule is CCC(=O)N[C@H](Cc1ccc(NC[C@@H](NC(=O)c2ccnn2C)C2CCCCC2)cc1)C(=O)N1CCN(Cc2ccc(O)cc2)CC1. The fourth-order valence-electron chi connectivity index (χ4n) is 6.64. The summed E-state index contributed by atoms with van der Waals surface area (Å²) >= 11 is 0. The fraction of sp³-hybridized carbons (Fsp3) is 0.500. The maximum Gasteiger partial charge on any atom is 0.269 e. The second kappa shape index (κ2) is 16.4. The van der Waals surface area contributed by atoms with Crippen molar-refractivity contribution in [3.05, 3.63) is 77.6 Å². The third-order valence-corrected chi connectivity index (χ3v) is 9.49. The van der Waals surface area contributed by atoms with Crippen molar-refractivity contribution in [3.63, 3.8) is 0 Å². The average Bonchev–Trinajstić information content (AvgIpc) is 3.54. The van der Waals surface area contributed by atoms with Crippen LogP contribution in [0.15, 0.2) is 60.8 Å². The number of hydrogen-bond acceptors (Lipinski definition) is 7. The monoisotopic (exact) mass is 643 g/mol. The molecule has 47 heavy (non-hydrogen) atoms. The van der Waals surface area contributed by atoms with Gasteiger partial charge in [0.15, 0.2) is 0 Å². The summed E-state index contributed by atoms with van der Waals surface area (Å²) in [7, 11) is 1.78. The lowest BCUT2D eigenvalue weighted by Gasteiger charge is -2.36. The number of hydrogen-bond donors (Lipinski definition) is 4. The van der Waals surface area contributed by atoms with Gasteiger partial charge in [-0.15, -0.1) is 0 Å². The summed E-state index contributed by atoms with van der Waals surface area (Å²) < 4.78 is 1.60. The molecule has 3 amide bonds. The first-order valence-corrected chi connectivity index (χ1v) is 17.0. The van der Waals surface area contributed by atoms with Crippen LogP contribution in [0.2, 0.25) is 0 Å². The maximum absolute atomic E-state index is 13.7. The van der Waals surface area contributed by atoms with Gasteiger partial charge in [0.1, 0.15) is 17.5 Å². The van der Waals surface area contributed by atoms with E-state index in [1.807, 2.05) is 41.3 Å². The molecule has 2 aliphatic rings. The first-order chi connectivity index (χ1) is 22.8. The normalized spacial score (nSPS) is 17.1. The Balaban J connectivity index is 1.17. The number of phenolic OH excluding ortho intramolecular Hbond substituents is 1. The van der Waals surface area contributed by atoms with Gasteiger partial charge in [0.05, 0.1) is 0 Å². The molecule has 11 nitrogen and oxygen atoms in total. The van der Waals surface area contributed by atoms with E-state index in [1.165, 1.54) is 19.3 Å². The van der Waals surface area contributed by atoms with Gasteiger partial charge in [0.25, 0.3) is 5.91 Å². The second-order valence-electron chi connectivity index (χ2n) is 12.8. The van der Waals surface area contributed by atoms with Gasteiger partial charge in [-0.1, -0.05) is 50.5 Å². The molecule has 0 bridgehead atoms. The summed E-state index contributed by atoms with van der Waals surface area (Å²) in [6.45, 7) is 5.84. The zero-order chi connectivity index (χ0) is 33.2. The molecule has 0 unspecified atom stereocenters. The molecule has 2 atom stereocenters. The molecule has 3 aromatic rings. The van der Waals surface area contributed by atoms with Crippen molar-refractivity contribution < 1.29 is 19.5 Å². The van der Waals surface area contributed by atoms with Gasteiger partial charge in [-0.05, 0) is 60.2 Å². The molecular formula is C36H49N7O4. The minimum atomic E-state index is -0.636. The molecule has 2 heterocycles. The van der Waals surface area contributed by atoms with E-state index in [2.05, 4.69) is 25.9 Å². The quantitative estimate of drug-likeness (QED) is 0.223. The number of phenols is 1. The summed E-state index contributed by atoms with van der Waals surface area (Å²) in [6, 6.07) is 16.3. The lowest BCUT2D eigenvalue weighted by molar-refractivity contribution is -0.138. The van der Waals surface area contributed by atoms with Crippen LogP contribution < -0.4 is 16.0 Å². The van der Waals surface area contributed by atoms with Crippen molar-refractivity contribution in [1.82, 2.24) is 30.2 Å². The zero-order valence-electron chi connectivity index (χ0n) is 27.7. The van der Waals surface area contributed by atoms with Crippen LogP contribution in [0, 0.1) is 5.92 Å². The number of carbonyl (C=O) groups is 3. The minimum Gasteiger partial charge on any atom is -0.508 e. The highest BCUT2D eigenvalue weighted by atomic mass is 16.3. The van der Waals surface area contributed by atoms with E-state index in [-0.39, 0.29) is 29.5 Å². The van der Waals surface area contributed by atoms with Gasteiger partial charge in [-0.2, -0.15) is 5.10 Å². The summed E-state index contributed by atoms with van der Waals surface area (Å²) in [5.41, 5.74) is 3.57. The fourth-order valence-corrected chi connectivity index (χ4v) is 6.64. The Morgan fingerprint density at radius 1 is 0.894 bits per heavy atom. The summed E-state index contributed by atoms with van der Waals surface area (Å²) in [6.07, 6.45) is 8.16. The van der Waals surface area contributed by atoms with Gasteiger partial charge in [0.2, 0.25) is 11.8 Å². The number of nitrogens with one attached hydrogen (secondary N) is 3. The molecule has 1 aliphatic heterocycles. The smallest absolute Gasteiger partial charge is 0.269 e. The largest absolute Gasteiger partial charge is 0.508 e. The molecular weight excluding hydrogens is 594 g/mol. The number of rotatable bonds is 13. The van der Waals surface area contributed by atoms with Gasteiger partial charge < -0.3 is 26.0 Å². The lowest BCUT2D eigenvalue weighted by atomic mass is 9.83. The number of anilines is 1. The van der Waals surface area contributed by atoms with Gasteiger partial charge in [-0.3, -0.25) is 24.0 Å². The molecule has 1 aromatic heterocycles. The number of amides is 3. The van der Waals surface area contributed by atoms with Crippen LogP contribution in [0.25, 0.3) is 0 Å². The number of piperazine rings is 1. The van der Waals surface area contributed by atoms with E-state index < -0.39 is 6.04 Å². The molecule has 2 aromatic carbocycles. The number of benzene rings is 2. The van der Waals surface area contributed by atoms with Crippen molar-refractivity contribution in [2.24, 2.45) is 13.0 Å². The van der Waals surface area contributed by atoms with Gasteiger partial charge >= 0.3 is 0 Å². The highest BCUT2D eigenvalue weighted by molar-refractivity contribution is 5.92. The summed E-state index contributed by atoms with van der Waals surface area (Å²) in [5, 5.41) is 23.5. The van der Waals surface area contributed by atoms with E-state index in [9.17, 15) is 19.5 Å². The number of aryl methyl sites for hydroxylation is 1. The lowest BCUT2D eigenvalue weighted by Crippen LogP contribution is -2.55. The molecule has 5 rings (SSSR count). The number of aromatic nitrogens is 2. The molecule has 1 saturated heterocycles. The topological polar surface area (TPSA) is 132 Å². The van der Waals surface area contributed by atoms with Gasteiger partial charge in [-0.25, -0.2) is 0 Å². The average molecular weight is 644 g/mol. The molecule has 0 spiro atoms. The molecule has 2 fully saturated rings. The molecule has 1 aliphatic carbocycles. The van der Waals surface area contributed by atoms with Crippen LogP contribution in [0.3, 0.4) is 0 Å². The standard InChI is InChI=1S/C36H49N7O4/c1-3-34(45)39-31(36(47)43-21-19-42(20-22-43)25-27-11-15-30(44)16-12-27)23-26-9-13-29(14-10-26)37-24-32(28-7-5-4-6-8-28)40-35(46)33-17-18-38-41(33)2/h9-18,28,31-32,37,44H,3-8,19-25H2,1-2H3,(H,39,45)(H,40,46)/t31-,32-/m1/s1. The van der Waals surface area contributed by atoms with Crippen LogP contribution >= 0.6 is 0 Å². The third kappa shape index (κ3) is 9.57. The Morgan fingerprint density at radius 2 is 1.57 bits per heavy atom. The van der Waals surface area contributed by atoms with Gasteiger partial charge in [0, 0.05) is 77.1 Å². The molecule has 11 heteroatoms. The van der Waals surface area contributed by atoms with E-state index in [4.69, 9.17) is 0 Å². The number of carbonyl (C=O) groups excluding carboxylic acids is 3. The predicted molar refractivity (Wildman–Crippen MR) is 182 cm³/mol. The summed E-state index contributed by atoms with van der Waals surface area (Å²) in [4.78, 5) is 43.3. The first-order valence-electron chi connectivity index (χ1n) is 17.0. The number of aromatic hydroxyl groups is 1. The highest BCUT2D eigenvalue weighted by Crippen LogP contribution is 2.27. The Morgan fingerprint density at radius 3 is 2.21 bits per heavy atom. The second-order valence-corrected chi connectivity index (χ2v) is 12.8. The molecule has 1 saturated carbocycles. The Kier molecular flexibility index (Phi) is 11.9. The van der Waals surface area contributed by atoms with Crippen LogP contribution in [-0.2, 0) is 29.6 Å². The Hall–Kier alpha value is -4.38. The van der Waals surface area contributed by atoms with E-state index in [0.29, 0.717) is 44.1 Å². The molecule has 0 radical (unpaired) electrons. The first kappa shape index (κ1) is 34.0. The van der Waals surface area contributed by atoms with E-state index in [0.717, 1.165) is 49.3 Å². The minimum absolute atomic E-state index is 0.00908. The molecule has 4 N–H and O–H groups in total. The zero-order valence-corrected chi connectivity index (χ0v) is 27.7. The predicted octanol–water partition coefficient (Wildman–Crippen LogP) is 3.70. The van der Waals surface area contributed by atoms with Crippen molar-refractivity contribution in [1.29, 1.82) is 0 Å². The summed E-state index contributed by atoms with van der Waals surface area (Å²) in [5.74, 6) is 0.353. The van der Waals surface area contributed by atoms with Crippen LogP contribution in [0.4, 0.5) is 5.69 Å². The maximum atomic E-state index is 13.7. The third-order valence-electron chi connectivity index (χ3n) is 9.49. The van der Waals surface area contributed by atoms with Crippen molar-refractivity contribution in [2.45, 2.75) is 70.5 Å². The van der Waals surface area contributed by atoms with Crippen molar-refractivity contribution in [3.8, 4) is 5.75 Å². The highest BCUT2D eigenvalue weighted by Gasteiger charge is 2.29. The van der Waals surface area contributed by atoms with Crippen molar-refractivity contribution in [2.75, 3.05) is 38.0 Å².